The SMILES string of the molecule is C=CCc1cc(C=Nn2c([C@@H](C)CC)nc3ccc(Br)cc3c2=O)cc(OCC)c1OCC(=O)Nc1ccccc1F. The minimum atomic E-state index is -0.540. The molecule has 0 aliphatic carbocycles. The minimum Gasteiger partial charge on any atom is -0.490 e. The van der Waals surface area contributed by atoms with Crippen LogP contribution in [0.5, 0.6) is 11.5 Å². The van der Waals surface area contributed by atoms with Crippen LogP contribution in [0.15, 0.2) is 81.6 Å². The van der Waals surface area contributed by atoms with Crippen molar-refractivity contribution in [2.75, 3.05) is 18.5 Å². The average molecular weight is 636 g/mol. The maximum absolute atomic E-state index is 14.0. The standard InChI is InChI=1S/C32H32BrFN4O4/c1-5-10-22-15-21(16-28(41-7-3)30(22)42-19-29(39)36-27-12-9-8-11-25(27)34)18-35-38-31(20(4)6-2)37-26-14-13-23(33)17-24(26)32(38)40/h5,8-9,11-18,20H,1,6-7,10,19H2,2-4H3,(H,36,39)/t20-/m0/s1. The number of allylic oxidation sites excluding steroid dienone is 1. The van der Waals surface area contributed by atoms with E-state index in [2.05, 4.69) is 32.9 Å². The van der Waals surface area contributed by atoms with Crippen LogP contribution in [0.25, 0.3) is 10.9 Å². The fourth-order valence-corrected chi connectivity index (χ4v) is 4.64. The fourth-order valence-electron chi connectivity index (χ4n) is 4.28. The van der Waals surface area contributed by atoms with Crippen LogP contribution in [-0.2, 0) is 11.2 Å². The second kappa shape index (κ2) is 14.0. The lowest BCUT2D eigenvalue weighted by atomic mass is 10.1. The summed E-state index contributed by atoms with van der Waals surface area (Å²) in [4.78, 5) is 30.8. The average Bonchev–Trinajstić information content (AvgIpc) is 2.97. The molecule has 3 aromatic carbocycles. The number of hydrogen-bond acceptors (Lipinski definition) is 6. The molecule has 10 heteroatoms. The molecule has 0 aliphatic heterocycles. The zero-order chi connectivity index (χ0) is 30.2. The topological polar surface area (TPSA) is 94.8 Å². The van der Waals surface area contributed by atoms with Crippen LogP contribution in [0.4, 0.5) is 10.1 Å². The van der Waals surface area contributed by atoms with Crippen LogP contribution in [0.1, 0.15) is 50.1 Å². The highest BCUT2D eigenvalue weighted by molar-refractivity contribution is 9.10. The smallest absolute Gasteiger partial charge is 0.282 e. The Morgan fingerprint density at radius 2 is 1.98 bits per heavy atom. The molecular weight excluding hydrogens is 603 g/mol. The van der Waals surface area contributed by atoms with E-state index in [1.165, 1.54) is 16.8 Å². The summed E-state index contributed by atoms with van der Waals surface area (Å²) in [5, 5.41) is 7.53. The van der Waals surface area contributed by atoms with E-state index in [1.807, 2.05) is 39.0 Å². The number of benzene rings is 3. The van der Waals surface area contributed by atoms with Crippen molar-refractivity contribution in [3.63, 3.8) is 0 Å². The summed E-state index contributed by atoms with van der Waals surface area (Å²) in [6, 6.07) is 14.9. The number of anilines is 1. The summed E-state index contributed by atoms with van der Waals surface area (Å²) in [6.07, 6.45) is 4.46. The number of carbonyl (C=O) groups excluding carboxylic acids is 1. The highest BCUT2D eigenvalue weighted by atomic mass is 79.9. The van der Waals surface area contributed by atoms with E-state index in [9.17, 15) is 14.0 Å². The highest BCUT2D eigenvalue weighted by Gasteiger charge is 2.18. The Bertz CT molecular complexity index is 1700. The monoisotopic (exact) mass is 634 g/mol. The van der Waals surface area contributed by atoms with Gasteiger partial charge in [0.15, 0.2) is 18.1 Å². The quantitative estimate of drug-likeness (QED) is 0.136. The van der Waals surface area contributed by atoms with E-state index >= 15 is 0 Å². The molecule has 0 unspecified atom stereocenters. The Hall–Kier alpha value is -4.31. The van der Waals surface area contributed by atoms with E-state index in [0.717, 1.165) is 10.9 Å². The van der Waals surface area contributed by atoms with Crippen LogP contribution >= 0.6 is 15.9 Å². The van der Waals surface area contributed by atoms with Gasteiger partial charge in [0, 0.05) is 16.0 Å². The molecule has 4 aromatic rings. The van der Waals surface area contributed by atoms with Crippen LogP contribution < -0.4 is 20.3 Å². The van der Waals surface area contributed by atoms with Crippen LogP contribution in [0, 0.1) is 5.82 Å². The van der Waals surface area contributed by atoms with Crippen LogP contribution in [-0.4, -0.2) is 35.0 Å². The van der Waals surface area contributed by atoms with E-state index in [1.54, 1.807) is 36.6 Å². The van der Waals surface area contributed by atoms with Gasteiger partial charge in [-0.05, 0) is 67.8 Å². The molecule has 8 nitrogen and oxygen atoms in total. The van der Waals surface area contributed by atoms with Gasteiger partial charge in [0.1, 0.15) is 11.6 Å². The van der Waals surface area contributed by atoms with Crippen molar-refractivity contribution < 1.29 is 18.7 Å². The van der Waals surface area contributed by atoms with E-state index < -0.39 is 11.7 Å². The zero-order valence-electron chi connectivity index (χ0n) is 23.7. The number of aromatic nitrogens is 2. The lowest BCUT2D eigenvalue weighted by Crippen LogP contribution is -2.23. The number of amides is 1. The molecule has 0 spiro atoms. The van der Waals surface area contributed by atoms with Crippen molar-refractivity contribution in [2.45, 2.75) is 39.5 Å². The minimum absolute atomic E-state index is 0.00973. The number of rotatable bonds is 12. The molecular formula is C32H32BrFN4O4. The van der Waals surface area contributed by atoms with Crippen molar-refractivity contribution in [1.29, 1.82) is 0 Å². The Labute approximate surface area is 252 Å². The van der Waals surface area contributed by atoms with Gasteiger partial charge in [-0.3, -0.25) is 9.59 Å². The van der Waals surface area contributed by atoms with Crippen molar-refractivity contribution >= 4 is 44.6 Å². The van der Waals surface area contributed by atoms with Gasteiger partial charge in [-0.25, -0.2) is 9.37 Å². The summed E-state index contributed by atoms with van der Waals surface area (Å²) in [5.74, 6) is 0.251. The number of nitrogens with one attached hydrogen (secondary N) is 1. The molecule has 1 atom stereocenters. The third-order valence-corrected chi connectivity index (χ3v) is 7.02. The first-order chi connectivity index (χ1) is 20.2. The lowest BCUT2D eigenvalue weighted by Gasteiger charge is -2.17. The molecule has 1 N–H and O–H groups in total. The van der Waals surface area contributed by atoms with Crippen LogP contribution in [0.2, 0.25) is 0 Å². The Kier molecular flexibility index (Phi) is 10.2. The van der Waals surface area contributed by atoms with Crippen molar-refractivity contribution in [2.24, 2.45) is 5.10 Å². The lowest BCUT2D eigenvalue weighted by molar-refractivity contribution is -0.118. The first-order valence-corrected chi connectivity index (χ1v) is 14.4. The molecule has 4 rings (SSSR count). The van der Waals surface area contributed by atoms with Crippen molar-refractivity contribution in [3.8, 4) is 11.5 Å². The first kappa shape index (κ1) is 30.6. The third-order valence-electron chi connectivity index (χ3n) is 6.52. The van der Waals surface area contributed by atoms with E-state index in [-0.39, 0.29) is 23.8 Å². The number of hydrogen-bond donors (Lipinski definition) is 1. The predicted molar refractivity (Wildman–Crippen MR) is 167 cm³/mol. The van der Waals surface area contributed by atoms with Gasteiger partial charge in [0.05, 0.1) is 29.4 Å². The van der Waals surface area contributed by atoms with Gasteiger partial charge in [-0.2, -0.15) is 9.78 Å². The molecule has 0 saturated heterocycles. The van der Waals surface area contributed by atoms with Gasteiger partial charge >= 0.3 is 0 Å². The molecule has 0 saturated carbocycles. The summed E-state index contributed by atoms with van der Waals surface area (Å²) in [5.41, 5.74) is 1.75. The second-order valence-electron chi connectivity index (χ2n) is 9.55. The molecule has 1 aromatic heterocycles. The highest BCUT2D eigenvalue weighted by Crippen LogP contribution is 2.34. The zero-order valence-corrected chi connectivity index (χ0v) is 25.3. The summed E-state index contributed by atoms with van der Waals surface area (Å²) >= 11 is 3.43. The Balaban J connectivity index is 1.69. The molecule has 0 fully saturated rings. The van der Waals surface area contributed by atoms with Gasteiger partial charge in [0.2, 0.25) is 0 Å². The predicted octanol–water partition coefficient (Wildman–Crippen LogP) is 6.84. The fraction of sp³-hybridized carbons (Fsp3) is 0.250. The number of nitrogens with zero attached hydrogens (tertiary/aromatic N) is 3. The molecule has 0 aliphatic rings. The molecule has 218 valence electrons. The summed E-state index contributed by atoms with van der Waals surface area (Å²) in [7, 11) is 0. The molecule has 1 amide bonds. The van der Waals surface area contributed by atoms with E-state index in [0.29, 0.717) is 52.4 Å². The molecule has 42 heavy (non-hydrogen) atoms. The Morgan fingerprint density at radius 3 is 2.69 bits per heavy atom. The van der Waals surface area contributed by atoms with E-state index in [4.69, 9.17) is 14.5 Å². The molecule has 1 heterocycles. The third kappa shape index (κ3) is 7.12. The summed E-state index contributed by atoms with van der Waals surface area (Å²) < 4.78 is 27.8. The number of para-hydroxylation sites is 1. The first-order valence-electron chi connectivity index (χ1n) is 13.6. The maximum atomic E-state index is 14.0. The van der Waals surface area contributed by atoms with Crippen molar-refractivity contribution in [3.05, 3.63) is 105 Å². The van der Waals surface area contributed by atoms with Gasteiger partial charge in [-0.15, -0.1) is 6.58 Å². The second-order valence-corrected chi connectivity index (χ2v) is 10.5. The van der Waals surface area contributed by atoms with Gasteiger partial charge in [0.25, 0.3) is 11.5 Å². The Morgan fingerprint density at radius 1 is 1.19 bits per heavy atom. The number of halogens is 2. The molecule has 0 radical (unpaired) electrons. The number of fused-ring (bicyclic) bond motifs is 1. The number of ether oxygens (including phenoxy) is 2. The largest absolute Gasteiger partial charge is 0.490 e. The number of carbonyl (C=O) groups is 1. The maximum Gasteiger partial charge on any atom is 0.282 e. The summed E-state index contributed by atoms with van der Waals surface area (Å²) in [6.45, 7) is 9.68. The van der Waals surface area contributed by atoms with Gasteiger partial charge < -0.3 is 14.8 Å². The normalized spacial score (nSPS) is 11.9. The van der Waals surface area contributed by atoms with Crippen molar-refractivity contribution in [1.82, 2.24) is 9.66 Å². The van der Waals surface area contributed by atoms with Gasteiger partial charge in [-0.1, -0.05) is 48.0 Å². The molecule has 0 bridgehead atoms. The van der Waals surface area contributed by atoms with Crippen LogP contribution in [0.3, 0.4) is 0 Å².